The highest BCUT2D eigenvalue weighted by molar-refractivity contribution is 5.92. The Morgan fingerprint density at radius 2 is 1.67 bits per heavy atom. The van der Waals surface area contributed by atoms with Crippen LogP contribution in [0.5, 0.6) is 0 Å². The lowest BCUT2D eigenvalue weighted by Crippen LogP contribution is -2.23. The highest BCUT2D eigenvalue weighted by atomic mass is 19.1. The van der Waals surface area contributed by atoms with E-state index in [0.717, 1.165) is 0 Å². The Bertz CT molecular complexity index is 164. The molecule has 12 heavy (non-hydrogen) atoms. The molecule has 4 nitrogen and oxygen atoms in total. The third kappa shape index (κ3) is 3.90. The van der Waals surface area contributed by atoms with Crippen molar-refractivity contribution in [2.24, 2.45) is 5.92 Å². The first-order valence-electron chi connectivity index (χ1n) is 3.54. The van der Waals surface area contributed by atoms with Crippen molar-refractivity contribution in [3.8, 4) is 0 Å². The van der Waals surface area contributed by atoms with Crippen molar-refractivity contribution >= 4 is 11.9 Å². The van der Waals surface area contributed by atoms with E-state index >= 15 is 0 Å². The molecule has 0 spiro atoms. The summed E-state index contributed by atoms with van der Waals surface area (Å²) in [6.45, 7) is 1.26. The van der Waals surface area contributed by atoms with E-state index in [1.165, 1.54) is 6.92 Å². The van der Waals surface area contributed by atoms with Crippen LogP contribution in [0.1, 0.15) is 19.8 Å². The Morgan fingerprint density at radius 3 is 1.92 bits per heavy atom. The predicted octanol–water partition coefficient (Wildman–Crippen LogP) is 0.910. The minimum atomic E-state index is -1.48. The molecule has 0 aromatic rings. The van der Waals surface area contributed by atoms with E-state index in [9.17, 15) is 14.0 Å². The molecule has 1 atom stereocenters. The van der Waals surface area contributed by atoms with Crippen LogP contribution in [0, 0.1) is 5.92 Å². The van der Waals surface area contributed by atoms with Crippen LogP contribution in [0.3, 0.4) is 0 Å². The van der Waals surface area contributed by atoms with Gasteiger partial charge in [0.2, 0.25) is 0 Å². The monoisotopic (exact) mass is 178 g/mol. The molecule has 70 valence electrons. The lowest BCUT2D eigenvalue weighted by atomic mass is 10.0. The number of hydrogen-bond acceptors (Lipinski definition) is 2. The first-order valence-corrected chi connectivity index (χ1v) is 3.54. The standard InChI is InChI=1S/C7H11FO4/c1-4(8)2-3-5(6(9)10)7(11)12/h4-5H,2-3H2,1H3,(H,9,10)(H,11,12). The molecule has 0 aliphatic carbocycles. The third-order valence-electron chi connectivity index (χ3n) is 1.45. The second-order valence-corrected chi connectivity index (χ2v) is 2.59. The van der Waals surface area contributed by atoms with Crippen molar-refractivity contribution in [3.05, 3.63) is 0 Å². The molecule has 2 N–H and O–H groups in total. The van der Waals surface area contributed by atoms with E-state index in [-0.39, 0.29) is 12.8 Å². The maximum absolute atomic E-state index is 12.2. The van der Waals surface area contributed by atoms with Crippen LogP contribution in [0.2, 0.25) is 0 Å². The van der Waals surface area contributed by atoms with Gasteiger partial charge in [0.05, 0.1) is 6.17 Å². The molecule has 0 saturated carbocycles. The van der Waals surface area contributed by atoms with Gasteiger partial charge >= 0.3 is 11.9 Å². The van der Waals surface area contributed by atoms with Gasteiger partial charge in [-0.15, -0.1) is 0 Å². The lowest BCUT2D eigenvalue weighted by molar-refractivity contribution is -0.154. The van der Waals surface area contributed by atoms with Crippen molar-refractivity contribution in [3.63, 3.8) is 0 Å². The maximum atomic E-state index is 12.2. The van der Waals surface area contributed by atoms with Gasteiger partial charge in [0.25, 0.3) is 0 Å². The summed E-state index contributed by atoms with van der Waals surface area (Å²) in [5.74, 6) is -4.31. The number of carboxylic acid groups (broad SMARTS) is 2. The minimum Gasteiger partial charge on any atom is -0.481 e. The fraction of sp³-hybridized carbons (Fsp3) is 0.714. The van der Waals surface area contributed by atoms with Crippen LogP contribution in [0.15, 0.2) is 0 Å². The van der Waals surface area contributed by atoms with Gasteiger partial charge in [0.15, 0.2) is 5.92 Å². The maximum Gasteiger partial charge on any atom is 0.317 e. The highest BCUT2D eigenvalue weighted by Gasteiger charge is 2.25. The molecule has 0 heterocycles. The van der Waals surface area contributed by atoms with Gasteiger partial charge in [-0.1, -0.05) is 0 Å². The molecular weight excluding hydrogens is 167 g/mol. The molecule has 0 saturated heterocycles. The minimum absolute atomic E-state index is 0.0384. The topological polar surface area (TPSA) is 74.6 Å². The Balaban J connectivity index is 3.97. The number of alkyl halides is 1. The van der Waals surface area contributed by atoms with Crippen LogP contribution in [0.25, 0.3) is 0 Å². The number of hydrogen-bond donors (Lipinski definition) is 2. The van der Waals surface area contributed by atoms with Gasteiger partial charge < -0.3 is 10.2 Å². The van der Waals surface area contributed by atoms with Gasteiger partial charge in [0, 0.05) is 0 Å². The molecule has 5 heteroatoms. The average Bonchev–Trinajstić information content (AvgIpc) is 1.84. The summed E-state index contributed by atoms with van der Waals surface area (Å²) >= 11 is 0. The number of aliphatic carboxylic acids is 2. The average molecular weight is 178 g/mol. The van der Waals surface area contributed by atoms with Crippen LogP contribution in [-0.4, -0.2) is 28.3 Å². The van der Waals surface area contributed by atoms with Gasteiger partial charge in [-0.25, -0.2) is 4.39 Å². The van der Waals surface area contributed by atoms with Gasteiger partial charge in [-0.05, 0) is 19.8 Å². The van der Waals surface area contributed by atoms with E-state index in [1.807, 2.05) is 0 Å². The normalized spacial score (nSPS) is 12.9. The van der Waals surface area contributed by atoms with Crippen LogP contribution in [0.4, 0.5) is 4.39 Å². The van der Waals surface area contributed by atoms with Crippen LogP contribution >= 0.6 is 0 Å². The summed E-state index contributed by atoms with van der Waals surface area (Å²) in [5.41, 5.74) is 0. The van der Waals surface area contributed by atoms with Gasteiger partial charge in [-0.2, -0.15) is 0 Å². The predicted molar refractivity (Wildman–Crippen MR) is 38.6 cm³/mol. The van der Waals surface area contributed by atoms with Crippen molar-refractivity contribution in [1.82, 2.24) is 0 Å². The summed E-state index contributed by atoms with van der Waals surface area (Å²) < 4.78 is 12.2. The van der Waals surface area contributed by atoms with Crippen molar-refractivity contribution < 1.29 is 24.2 Å². The number of carboxylic acids is 2. The van der Waals surface area contributed by atoms with Crippen molar-refractivity contribution in [2.45, 2.75) is 25.9 Å². The second-order valence-electron chi connectivity index (χ2n) is 2.59. The molecule has 0 amide bonds. The molecule has 0 aromatic carbocycles. The lowest BCUT2D eigenvalue weighted by Gasteiger charge is -2.06. The zero-order valence-electron chi connectivity index (χ0n) is 6.66. The van der Waals surface area contributed by atoms with Gasteiger partial charge in [0.1, 0.15) is 0 Å². The second kappa shape index (κ2) is 4.69. The number of carbonyl (C=O) groups is 2. The summed E-state index contributed by atoms with van der Waals surface area (Å²) in [4.78, 5) is 20.5. The molecule has 0 radical (unpaired) electrons. The Kier molecular flexibility index (Phi) is 4.25. The molecule has 0 rings (SSSR count). The highest BCUT2D eigenvalue weighted by Crippen LogP contribution is 2.10. The zero-order valence-corrected chi connectivity index (χ0v) is 6.66. The quantitative estimate of drug-likeness (QED) is 0.613. The van der Waals surface area contributed by atoms with E-state index in [0.29, 0.717) is 0 Å². The Morgan fingerprint density at radius 1 is 1.25 bits per heavy atom. The van der Waals surface area contributed by atoms with Crippen molar-refractivity contribution in [2.75, 3.05) is 0 Å². The summed E-state index contributed by atoms with van der Waals surface area (Å²) in [6.07, 6.45) is -1.36. The van der Waals surface area contributed by atoms with Crippen molar-refractivity contribution in [1.29, 1.82) is 0 Å². The summed E-state index contributed by atoms with van der Waals surface area (Å²) in [6, 6.07) is 0. The molecular formula is C7H11FO4. The first-order chi connectivity index (χ1) is 5.45. The molecule has 0 bridgehead atoms. The number of rotatable bonds is 5. The molecule has 0 aliphatic rings. The summed E-state index contributed by atoms with van der Waals surface area (Å²) in [5, 5.41) is 16.7. The third-order valence-corrected chi connectivity index (χ3v) is 1.45. The smallest absolute Gasteiger partial charge is 0.317 e. The number of halogens is 1. The molecule has 1 unspecified atom stereocenters. The molecule has 0 fully saturated rings. The Hall–Kier alpha value is -1.13. The van der Waals surface area contributed by atoms with E-state index in [4.69, 9.17) is 10.2 Å². The zero-order chi connectivity index (χ0) is 9.72. The summed E-state index contributed by atoms with van der Waals surface area (Å²) in [7, 11) is 0. The van der Waals surface area contributed by atoms with E-state index in [1.54, 1.807) is 0 Å². The van der Waals surface area contributed by atoms with E-state index in [2.05, 4.69) is 0 Å². The van der Waals surface area contributed by atoms with E-state index < -0.39 is 24.0 Å². The largest absolute Gasteiger partial charge is 0.481 e. The fourth-order valence-corrected chi connectivity index (χ4v) is 0.749. The first kappa shape index (κ1) is 10.9. The van der Waals surface area contributed by atoms with Gasteiger partial charge in [-0.3, -0.25) is 9.59 Å². The van der Waals surface area contributed by atoms with Crippen LogP contribution in [-0.2, 0) is 9.59 Å². The SMILES string of the molecule is CC(F)CCC(C(=O)O)C(=O)O. The molecule has 0 aromatic heterocycles. The fourth-order valence-electron chi connectivity index (χ4n) is 0.749. The Labute approximate surface area is 69.0 Å². The molecule has 0 aliphatic heterocycles. The van der Waals surface area contributed by atoms with Crippen LogP contribution < -0.4 is 0 Å².